The summed E-state index contributed by atoms with van der Waals surface area (Å²) in [6.07, 6.45) is 0. The Bertz CT molecular complexity index is 1230. The SMILES string of the molecule is Cc1cc(C(C)(C)Nc2cccc(-c3cc(C)c(C(=O)NC(C)C(=O)O)c(C)c3)c2)ccc1Cl. The van der Waals surface area contributed by atoms with E-state index in [4.69, 9.17) is 16.7 Å². The number of hydrogen-bond acceptors (Lipinski definition) is 3. The average molecular weight is 479 g/mol. The summed E-state index contributed by atoms with van der Waals surface area (Å²) in [5.41, 5.74) is 6.93. The van der Waals surface area contributed by atoms with E-state index in [1.165, 1.54) is 6.92 Å². The summed E-state index contributed by atoms with van der Waals surface area (Å²) in [6.45, 7) is 11.4. The third-order valence-corrected chi connectivity index (χ3v) is 6.43. The van der Waals surface area contributed by atoms with Crippen LogP contribution >= 0.6 is 11.6 Å². The number of carboxylic acids is 1. The standard InChI is InChI=1S/C28H31ClN2O3/c1-16-14-22(10-11-24(16)29)28(5,6)31-23-9-7-8-20(15-23)21-12-17(2)25(18(3)13-21)26(32)30-19(4)27(33)34/h7-15,19,31H,1-6H3,(H,30,32)(H,33,34). The van der Waals surface area contributed by atoms with E-state index in [2.05, 4.69) is 36.6 Å². The molecule has 0 aliphatic heterocycles. The Balaban J connectivity index is 1.88. The second-order valence-electron chi connectivity index (χ2n) is 9.31. The summed E-state index contributed by atoms with van der Waals surface area (Å²) >= 11 is 6.20. The predicted molar refractivity (Wildman–Crippen MR) is 139 cm³/mol. The van der Waals surface area contributed by atoms with Crippen molar-refractivity contribution in [3.63, 3.8) is 0 Å². The van der Waals surface area contributed by atoms with Gasteiger partial charge in [-0.25, -0.2) is 0 Å². The van der Waals surface area contributed by atoms with Gasteiger partial charge in [-0.15, -0.1) is 0 Å². The number of rotatable bonds is 7. The molecule has 0 heterocycles. The maximum absolute atomic E-state index is 12.6. The van der Waals surface area contributed by atoms with Gasteiger partial charge in [-0.2, -0.15) is 0 Å². The minimum Gasteiger partial charge on any atom is -0.480 e. The molecule has 0 bridgehead atoms. The number of aliphatic carboxylic acids is 1. The zero-order valence-electron chi connectivity index (χ0n) is 20.4. The van der Waals surface area contributed by atoms with E-state index in [1.54, 1.807) is 0 Å². The molecule has 178 valence electrons. The number of anilines is 1. The van der Waals surface area contributed by atoms with Crippen molar-refractivity contribution in [3.05, 3.63) is 87.4 Å². The lowest BCUT2D eigenvalue weighted by Gasteiger charge is -2.29. The molecule has 3 aromatic rings. The summed E-state index contributed by atoms with van der Waals surface area (Å²) in [6, 6.07) is 17.2. The monoisotopic (exact) mass is 478 g/mol. The van der Waals surface area contributed by atoms with E-state index in [0.717, 1.165) is 44.1 Å². The second-order valence-corrected chi connectivity index (χ2v) is 9.72. The van der Waals surface area contributed by atoms with E-state index in [0.29, 0.717) is 5.56 Å². The molecular formula is C28H31ClN2O3. The highest BCUT2D eigenvalue weighted by Gasteiger charge is 2.22. The number of carbonyl (C=O) groups is 2. The Hall–Kier alpha value is -3.31. The fourth-order valence-corrected chi connectivity index (χ4v) is 4.18. The number of carboxylic acid groups (broad SMARTS) is 1. The van der Waals surface area contributed by atoms with Crippen LogP contribution in [0.25, 0.3) is 11.1 Å². The fourth-order valence-electron chi connectivity index (χ4n) is 4.06. The molecule has 6 heteroatoms. The van der Waals surface area contributed by atoms with Crippen LogP contribution in [0.4, 0.5) is 5.69 Å². The van der Waals surface area contributed by atoms with Crippen LogP contribution in [0.5, 0.6) is 0 Å². The minimum absolute atomic E-state index is 0.317. The first kappa shape index (κ1) is 25.3. The van der Waals surface area contributed by atoms with Crippen molar-refractivity contribution in [3.8, 4) is 11.1 Å². The van der Waals surface area contributed by atoms with Crippen molar-refractivity contribution in [1.29, 1.82) is 0 Å². The number of benzene rings is 3. The lowest BCUT2D eigenvalue weighted by atomic mass is 9.92. The van der Waals surface area contributed by atoms with Crippen molar-refractivity contribution in [1.82, 2.24) is 5.32 Å². The molecule has 0 saturated carbocycles. The molecule has 0 radical (unpaired) electrons. The number of amides is 1. The van der Waals surface area contributed by atoms with Gasteiger partial charge in [0.05, 0.1) is 5.54 Å². The number of hydrogen-bond donors (Lipinski definition) is 3. The van der Waals surface area contributed by atoms with Gasteiger partial charge in [-0.3, -0.25) is 9.59 Å². The first-order chi connectivity index (χ1) is 15.9. The van der Waals surface area contributed by atoms with Gasteiger partial charge in [0.1, 0.15) is 6.04 Å². The predicted octanol–water partition coefficient (Wildman–Crippen LogP) is 6.48. The van der Waals surface area contributed by atoms with Crippen LogP contribution in [0.1, 0.15) is 53.4 Å². The van der Waals surface area contributed by atoms with Gasteiger partial charge < -0.3 is 15.7 Å². The molecule has 3 aromatic carbocycles. The number of nitrogens with one attached hydrogen (secondary N) is 2. The lowest BCUT2D eigenvalue weighted by Crippen LogP contribution is -2.38. The van der Waals surface area contributed by atoms with Crippen LogP contribution in [0, 0.1) is 20.8 Å². The normalized spacial score (nSPS) is 12.2. The molecular weight excluding hydrogens is 448 g/mol. The van der Waals surface area contributed by atoms with Gasteiger partial charge >= 0.3 is 5.97 Å². The van der Waals surface area contributed by atoms with Crippen LogP contribution in [0.3, 0.4) is 0 Å². The maximum Gasteiger partial charge on any atom is 0.325 e. The topological polar surface area (TPSA) is 78.4 Å². The Labute approximate surface area is 206 Å². The van der Waals surface area contributed by atoms with E-state index < -0.39 is 12.0 Å². The van der Waals surface area contributed by atoms with Crippen LogP contribution in [0.2, 0.25) is 5.02 Å². The van der Waals surface area contributed by atoms with Gasteiger partial charge in [0.15, 0.2) is 0 Å². The van der Waals surface area contributed by atoms with Gasteiger partial charge in [0, 0.05) is 16.3 Å². The van der Waals surface area contributed by atoms with Crippen molar-refractivity contribution in [2.45, 2.75) is 53.1 Å². The molecule has 0 aliphatic carbocycles. The molecule has 0 aliphatic rings. The molecule has 34 heavy (non-hydrogen) atoms. The Morgan fingerprint density at radius 1 is 0.912 bits per heavy atom. The second kappa shape index (κ2) is 9.90. The lowest BCUT2D eigenvalue weighted by molar-refractivity contribution is -0.138. The highest BCUT2D eigenvalue weighted by molar-refractivity contribution is 6.31. The van der Waals surface area contributed by atoms with Crippen molar-refractivity contribution in [2.24, 2.45) is 0 Å². The zero-order chi connectivity index (χ0) is 25.2. The van der Waals surface area contributed by atoms with E-state index >= 15 is 0 Å². The summed E-state index contributed by atoms with van der Waals surface area (Å²) in [7, 11) is 0. The van der Waals surface area contributed by atoms with Gasteiger partial charge in [0.2, 0.25) is 0 Å². The molecule has 1 unspecified atom stereocenters. The molecule has 0 saturated heterocycles. The zero-order valence-corrected chi connectivity index (χ0v) is 21.2. The van der Waals surface area contributed by atoms with Crippen LogP contribution in [0.15, 0.2) is 54.6 Å². The maximum atomic E-state index is 12.6. The summed E-state index contributed by atoms with van der Waals surface area (Å²) < 4.78 is 0. The van der Waals surface area contributed by atoms with Crippen LogP contribution in [-0.2, 0) is 10.3 Å². The molecule has 0 spiro atoms. The van der Waals surface area contributed by atoms with Gasteiger partial charge in [-0.05, 0) is 93.1 Å². The van der Waals surface area contributed by atoms with Crippen molar-refractivity contribution in [2.75, 3.05) is 5.32 Å². The van der Waals surface area contributed by atoms with E-state index in [9.17, 15) is 9.59 Å². The average Bonchev–Trinajstić information content (AvgIpc) is 2.74. The molecule has 3 rings (SSSR count). The van der Waals surface area contributed by atoms with Crippen LogP contribution < -0.4 is 10.6 Å². The third-order valence-electron chi connectivity index (χ3n) is 6.01. The summed E-state index contributed by atoms with van der Waals surface area (Å²) in [5, 5.41) is 16.0. The Morgan fingerprint density at radius 3 is 2.15 bits per heavy atom. The minimum atomic E-state index is -1.07. The molecule has 0 aromatic heterocycles. The molecule has 1 amide bonds. The first-order valence-electron chi connectivity index (χ1n) is 11.2. The van der Waals surface area contributed by atoms with Gasteiger partial charge in [0.25, 0.3) is 5.91 Å². The molecule has 5 nitrogen and oxygen atoms in total. The number of carbonyl (C=O) groups excluding carboxylic acids is 1. The summed E-state index contributed by atoms with van der Waals surface area (Å²) in [5.74, 6) is -1.45. The highest BCUT2D eigenvalue weighted by Crippen LogP contribution is 2.32. The van der Waals surface area contributed by atoms with Gasteiger partial charge in [-0.1, -0.05) is 48.0 Å². The Morgan fingerprint density at radius 2 is 1.56 bits per heavy atom. The number of aryl methyl sites for hydroxylation is 3. The molecule has 3 N–H and O–H groups in total. The summed E-state index contributed by atoms with van der Waals surface area (Å²) in [4.78, 5) is 23.7. The van der Waals surface area contributed by atoms with Crippen LogP contribution in [-0.4, -0.2) is 23.0 Å². The largest absolute Gasteiger partial charge is 0.480 e. The van der Waals surface area contributed by atoms with E-state index in [-0.39, 0.29) is 11.4 Å². The number of halogens is 1. The van der Waals surface area contributed by atoms with Crippen molar-refractivity contribution >= 4 is 29.2 Å². The van der Waals surface area contributed by atoms with E-state index in [1.807, 2.05) is 63.2 Å². The van der Waals surface area contributed by atoms with Crippen molar-refractivity contribution < 1.29 is 14.7 Å². The fraction of sp³-hybridized carbons (Fsp3) is 0.286. The smallest absolute Gasteiger partial charge is 0.325 e. The highest BCUT2D eigenvalue weighted by atomic mass is 35.5. The third kappa shape index (κ3) is 5.60. The quantitative estimate of drug-likeness (QED) is 0.363. The Kier molecular flexibility index (Phi) is 7.37. The molecule has 1 atom stereocenters. The molecule has 0 fully saturated rings. The first-order valence-corrected chi connectivity index (χ1v) is 11.6.